The highest BCUT2D eigenvalue weighted by Crippen LogP contribution is 2.29. The fourth-order valence-electron chi connectivity index (χ4n) is 4.12. The minimum atomic E-state index is -2.71. The van der Waals surface area contributed by atoms with Crippen LogP contribution >= 0.6 is 0 Å². The molecular weight excluding hydrogens is 428 g/mol. The molecule has 2 aromatic heterocycles. The number of halogens is 2. The van der Waals surface area contributed by atoms with Crippen molar-refractivity contribution in [1.82, 2.24) is 14.5 Å². The number of fused-ring (bicyclic) bond motifs is 1. The van der Waals surface area contributed by atoms with Crippen molar-refractivity contribution < 1.29 is 22.9 Å². The third-order valence-corrected chi connectivity index (χ3v) is 5.81. The molecule has 7 nitrogen and oxygen atoms in total. The first-order chi connectivity index (χ1) is 15.7. The van der Waals surface area contributed by atoms with E-state index in [1.54, 1.807) is 24.6 Å². The monoisotopic (exact) mass is 454 g/mol. The van der Waals surface area contributed by atoms with E-state index in [0.717, 1.165) is 16.6 Å². The number of aromatic nitrogens is 3. The Hall–Kier alpha value is -3.62. The molecule has 9 heteroatoms. The number of methoxy groups -OCH3 is 1. The molecular formula is C24H26F2N5O2+. The molecule has 0 saturated carbocycles. The summed E-state index contributed by atoms with van der Waals surface area (Å²) < 4.78 is 36.6. The van der Waals surface area contributed by atoms with Crippen LogP contribution < -0.4 is 5.32 Å². The predicted molar refractivity (Wildman–Crippen MR) is 123 cm³/mol. The van der Waals surface area contributed by atoms with Gasteiger partial charge in [0.15, 0.2) is 0 Å². The second kappa shape index (κ2) is 8.73. The maximum absolute atomic E-state index is 14.0. The third-order valence-electron chi connectivity index (χ3n) is 5.81. The van der Waals surface area contributed by atoms with Gasteiger partial charge < -0.3 is 9.30 Å². The van der Waals surface area contributed by atoms with Gasteiger partial charge in [-0.3, -0.25) is 15.1 Å². The molecule has 0 aliphatic carbocycles. The van der Waals surface area contributed by atoms with Gasteiger partial charge in [-0.05, 0) is 43.7 Å². The number of anilines is 1. The molecule has 4 rings (SSSR count). The molecule has 0 fully saturated rings. The molecule has 3 aromatic rings. The van der Waals surface area contributed by atoms with Crippen LogP contribution in [0, 0.1) is 13.8 Å². The molecule has 33 heavy (non-hydrogen) atoms. The minimum Gasteiger partial charge on any atom is -0.500 e. The van der Waals surface area contributed by atoms with Gasteiger partial charge in [0.2, 0.25) is 5.95 Å². The van der Waals surface area contributed by atoms with Crippen molar-refractivity contribution in [2.45, 2.75) is 26.7 Å². The summed E-state index contributed by atoms with van der Waals surface area (Å²) in [5.41, 5.74) is 3.93. The van der Waals surface area contributed by atoms with Gasteiger partial charge in [-0.1, -0.05) is 6.07 Å². The lowest BCUT2D eigenvalue weighted by molar-refractivity contribution is -0.500. The number of nitrogens with one attached hydrogen (secondary N) is 1. The number of amides is 1. The summed E-state index contributed by atoms with van der Waals surface area (Å²) in [6.07, 6.45) is -2.24. The van der Waals surface area contributed by atoms with Crippen molar-refractivity contribution in [1.29, 1.82) is 0 Å². The average molecular weight is 455 g/mol. The van der Waals surface area contributed by atoms with E-state index in [2.05, 4.69) is 15.3 Å². The summed E-state index contributed by atoms with van der Waals surface area (Å²) in [6.45, 7) is 4.12. The topological polar surface area (TPSA) is 72.0 Å². The fraction of sp³-hybridized carbons (Fsp3) is 0.333. The highest BCUT2D eigenvalue weighted by Gasteiger charge is 2.36. The van der Waals surface area contributed by atoms with Crippen molar-refractivity contribution in [3.63, 3.8) is 0 Å². The number of carbonyl (C=O) groups excluding carboxylic acids is 1. The maximum atomic E-state index is 14.0. The Morgan fingerprint density at radius 2 is 1.97 bits per heavy atom. The van der Waals surface area contributed by atoms with Crippen molar-refractivity contribution in [2.24, 2.45) is 7.05 Å². The number of ether oxygens (including phenoxy) is 1. The van der Waals surface area contributed by atoms with Crippen LogP contribution in [0.15, 0.2) is 36.1 Å². The number of pyridine rings is 1. The predicted octanol–water partition coefficient (Wildman–Crippen LogP) is 3.95. The van der Waals surface area contributed by atoms with Crippen LogP contribution in [-0.4, -0.2) is 57.9 Å². The van der Waals surface area contributed by atoms with E-state index in [1.165, 1.54) is 17.8 Å². The van der Waals surface area contributed by atoms with E-state index in [0.29, 0.717) is 35.9 Å². The molecule has 3 heterocycles. The summed E-state index contributed by atoms with van der Waals surface area (Å²) >= 11 is 0. The van der Waals surface area contributed by atoms with E-state index >= 15 is 0 Å². The van der Waals surface area contributed by atoms with Gasteiger partial charge in [0.05, 0.1) is 30.3 Å². The van der Waals surface area contributed by atoms with E-state index in [-0.39, 0.29) is 17.0 Å². The van der Waals surface area contributed by atoms with Crippen molar-refractivity contribution in [3.05, 3.63) is 58.6 Å². The number of carbonyl (C=O) groups is 1. The summed E-state index contributed by atoms with van der Waals surface area (Å²) in [5.74, 6) is 0.420. The second-order valence-corrected chi connectivity index (χ2v) is 8.18. The molecule has 0 bridgehead atoms. The zero-order chi connectivity index (χ0) is 23.9. The number of alkyl halides is 2. The van der Waals surface area contributed by atoms with Gasteiger partial charge in [0, 0.05) is 18.3 Å². The highest BCUT2D eigenvalue weighted by atomic mass is 19.3. The fourth-order valence-corrected chi connectivity index (χ4v) is 4.12. The summed E-state index contributed by atoms with van der Waals surface area (Å²) in [4.78, 5) is 22.1. The summed E-state index contributed by atoms with van der Waals surface area (Å²) in [7, 11) is 4.90. The van der Waals surface area contributed by atoms with E-state index in [9.17, 15) is 13.6 Å². The van der Waals surface area contributed by atoms with Crippen LogP contribution in [0.3, 0.4) is 0 Å². The molecule has 0 spiro atoms. The van der Waals surface area contributed by atoms with Crippen LogP contribution in [-0.2, 0) is 11.8 Å². The maximum Gasteiger partial charge on any atom is 0.321 e. The lowest BCUT2D eigenvalue weighted by Crippen LogP contribution is -2.32. The number of rotatable bonds is 5. The van der Waals surface area contributed by atoms with Crippen molar-refractivity contribution in [2.75, 3.05) is 26.0 Å². The lowest BCUT2D eigenvalue weighted by atomic mass is 9.98. The Kier molecular flexibility index (Phi) is 5.97. The second-order valence-electron chi connectivity index (χ2n) is 8.18. The molecule has 1 N–H and O–H groups in total. The number of hydrogen-bond acceptors (Lipinski definition) is 4. The molecule has 1 amide bonds. The van der Waals surface area contributed by atoms with E-state index in [1.807, 2.05) is 32.2 Å². The number of imidazole rings is 1. The SMILES string of the molecule is COC1=C(c2cc(C(=O)Nc3nc4ccc(C)cc4n3C)cc(C)n2)C(C(F)F)=[N+](C)CC1. The zero-order valence-corrected chi connectivity index (χ0v) is 19.2. The molecule has 0 unspecified atom stereocenters. The Morgan fingerprint density at radius 1 is 1.21 bits per heavy atom. The molecule has 0 radical (unpaired) electrons. The number of benzene rings is 1. The van der Waals surface area contributed by atoms with Gasteiger partial charge in [-0.15, -0.1) is 0 Å². The molecule has 1 aliphatic heterocycles. The van der Waals surface area contributed by atoms with Crippen LogP contribution in [0.1, 0.15) is 33.7 Å². The van der Waals surface area contributed by atoms with Crippen molar-refractivity contribution >= 4 is 34.2 Å². The third kappa shape index (κ3) is 4.22. The first-order valence-electron chi connectivity index (χ1n) is 10.6. The van der Waals surface area contributed by atoms with Gasteiger partial charge in [-0.25, -0.2) is 9.56 Å². The number of aryl methyl sites for hydroxylation is 3. The normalized spacial score (nSPS) is 14.4. The van der Waals surface area contributed by atoms with Gasteiger partial charge >= 0.3 is 6.43 Å². The summed E-state index contributed by atoms with van der Waals surface area (Å²) in [5, 5.41) is 2.83. The van der Waals surface area contributed by atoms with Gasteiger partial charge in [0.25, 0.3) is 11.6 Å². The largest absolute Gasteiger partial charge is 0.500 e. The van der Waals surface area contributed by atoms with E-state index < -0.39 is 12.3 Å². The van der Waals surface area contributed by atoms with Crippen LogP contribution in [0.25, 0.3) is 16.6 Å². The molecule has 172 valence electrons. The zero-order valence-electron chi connectivity index (χ0n) is 19.2. The molecule has 1 aliphatic rings. The van der Waals surface area contributed by atoms with Gasteiger partial charge in [-0.2, -0.15) is 8.78 Å². The minimum absolute atomic E-state index is 0.159. The quantitative estimate of drug-likeness (QED) is 0.593. The average Bonchev–Trinajstić information content (AvgIpc) is 3.07. The van der Waals surface area contributed by atoms with Gasteiger partial charge in [0.1, 0.15) is 24.9 Å². The smallest absolute Gasteiger partial charge is 0.321 e. The van der Waals surface area contributed by atoms with Crippen LogP contribution in [0.2, 0.25) is 0 Å². The Balaban J connectivity index is 1.74. The highest BCUT2D eigenvalue weighted by molar-refractivity contribution is 6.23. The van der Waals surface area contributed by atoms with E-state index in [4.69, 9.17) is 4.74 Å². The molecule has 0 atom stereocenters. The van der Waals surface area contributed by atoms with Crippen LogP contribution in [0.4, 0.5) is 14.7 Å². The number of nitrogens with zero attached hydrogens (tertiary/aromatic N) is 4. The summed E-state index contributed by atoms with van der Waals surface area (Å²) in [6, 6.07) is 8.98. The molecule has 0 saturated heterocycles. The van der Waals surface area contributed by atoms with Crippen LogP contribution in [0.5, 0.6) is 0 Å². The Bertz CT molecular complexity index is 1320. The standard InChI is InChI=1S/C24H25F2N5O2/c1-13-6-7-16-18(10-13)31(4)24(28-16)29-23(32)15-11-14(2)27-17(12-15)20-19(33-5)8-9-30(3)21(20)22(25)26/h6-7,10-12,22H,8-9H2,1-5H3/p+1. The number of allylic oxidation sites excluding steroid dienone is 1. The lowest BCUT2D eigenvalue weighted by Gasteiger charge is -2.19. The first kappa shape index (κ1) is 22.6. The Labute approximate surface area is 190 Å². The van der Waals surface area contributed by atoms with Crippen molar-refractivity contribution in [3.8, 4) is 0 Å². The first-order valence-corrected chi connectivity index (χ1v) is 10.6. The number of hydrogen-bond donors (Lipinski definition) is 1. The Morgan fingerprint density at radius 3 is 2.67 bits per heavy atom. The molecule has 1 aromatic carbocycles.